The van der Waals surface area contributed by atoms with Gasteiger partial charge >= 0.3 is 0 Å². The quantitative estimate of drug-likeness (QED) is 0.670. The Morgan fingerprint density at radius 2 is 2.00 bits per heavy atom. The van der Waals surface area contributed by atoms with Gasteiger partial charge in [0.2, 0.25) is 0 Å². The number of unbranched alkanes of at least 4 members (excludes halogenated alkanes) is 1. The third-order valence-corrected chi connectivity index (χ3v) is 4.47. The molecule has 24 heavy (non-hydrogen) atoms. The van der Waals surface area contributed by atoms with Crippen LogP contribution in [0, 0.1) is 13.8 Å². The van der Waals surface area contributed by atoms with Gasteiger partial charge in [-0.05, 0) is 74.5 Å². The van der Waals surface area contributed by atoms with Crippen LogP contribution in [0.15, 0.2) is 30.5 Å². The van der Waals surface area contributed by atoms with Gasteiger partial charge < -0.3 is 15.5 Å². The van der Waals surface area contributed by atoms with E-state index in [1.807, 2.05) is 6.20 Å². The average molecular weight is 323 g/mol. The number of aromatic amines is 1. The van der Waals surface area contributed by atoms with Gasteiger partial charge in [0.05, 0.1) is 18.5 Å². The molecule has 0 saturated heterocycles. The van der Waals surface area contributed by atoms with Crippen LogP contribution in [0.2, 0.25) is 0 Å². The second-order valence-electron chi connectivity index (χ2n) is 6.31. The lowest BCUT2D eigenvalue weighted by molar-refractivity contribution is 0.415. The Balaban J connectivity index is 2.17. The number of methoxy groups -OCH3 is 1. The van der Waals surface area contributed by atoms with Gasteiger partial charge in [-0.1, -0.05) is 6.07 Å². The number of aromatic nitrogens is 2. The molecule has 0 aliphatic rings. The lowest BCUT2D eigenvalue weighted by Crippen LogP contribution is -1.99. The highest BCUT2D eigenvalue weighted by Crippen LogP contribution is 2.34. The summed E-state index contributed by atoms with van der Waals surface area (Å²) in [6.45, 7) is 4.89. The van der Waals surface area contributed by atoms with Crippen molar-refractivity contribution in [1.82, 2.24) is 9.97 Å². The van der Waals surface area contributed by atoms with Gasteiger partial charge in [-0.15, -0.1) is 0 Å². The molecule has 3 rings (SSSR count). The second-order valence-corrected chi connectivity index (χ2v) is 6.31. The third kappa shape index (κ3) is 3.15. The first-order valence-electron chi connectivity index (χ1n) is 8.46. The standard InChI is InChI=1S/C20H25N3O/c1-13-7-8-18(22-12-13)20-16(6-4-5-9-21)17-11-15(24-3)10-14(2)19(17)23-20/h7-8,10-12,23H,4-6,9,21H2,1-3H3. The summed E-state index contributed by atoms with van der Waals surface area (Å²) in [4.78, 5) is 8.21. The van der Waals surface area contributed by atoms with Gasteiger partial charge in [0.1, 0.15) is 5.75 Å². The van der Waals surface area contributed by atoms with Crippen molar-refractivity contribution in [2.75, 3.05) is 13.7 Å². The van der Waals surface area contributed by atoms with E-state index in [-0.39, 0.29) is 0 Å². The molecule has 0 saturated carbocycles. The molecular formula is C20H25N3O. The molecule has 0 amide bonds. The first-order chi connectivity index (χ1) is 11.6. The summed E-state index contributed by atoms with van der Waals surface area (Å²) in [6, 6.07) is 8.37. The minimum Gasteiger partial charge on any atom is -0.497 e. The number of pyridine rings is 1. The lowest BCUT2D eigenvalue weighted by atomic mass is 10.0. The zero-order valence-corrected chi connectivity index (χ0v) is 14.6. The number of ether oxygens (including phenoxy) is 1. The van der Waals surface area contributed by atoms with E-state index >= 15 is 0 Å². The van der Waals surface area contributed by atoms with Gasteiger partial charge in [-0.3, -0.25) is 4.98 Å². The summed E-state index contributed by atoms with van der Waals surface area (Å²) >= 11 is 0. The van der Waals surface area contributed by atoms with Crippen LogP contribution in [0.4, 0.5) is 0 Å². The fraction of sp³-hybridized carbons (Fsp3) is 0.350. The van der Waals surface area contributed by atoms with Crippen molar-refractivity contribution in [3.05, 3.63) is 47.2 Å². The largest absolute Gasteiger partial charge is 0.497 e. The Bertz CT molecular complexity index is 834. The van der Waals surface area contributed by atoms with Crippen LogP contribution in [0.5, 0.6) is 5.75 Å². The molecule has 3 aromatic rings. The van der Waals surface area contributed by atoms with Crippen LogP contribution in [-0.4, -0.2) is 23.6 Å². The molecule has 0 radical (unpaired) electrons. The summed E-state index contributed by atoms with van der Waals surface area (Å²) in [5.41, 5.74) is 12.6. The second kappa shape index (κ2) is 7.05. The van der Waals surface area contributed by atoms with E-state index in [9.17, 15) is 0 Å². The minimum atomic E-state index is 0.725. The molecule has 0 atom stereocenters. The van der Waals surface area contributed by atoms with Crippen LogP contribution in [0.25, 0.3) is 22.3 Å². The number of H-pyrrole nitrogens is 1. The highest BCUT2D eigenvalue weighted by Gasteiger charge is 2.16. The van der Waals surface area contributed by atoms with E-state index < -0.39 is 0 Å². The zero-order chi connectivity index (χ0) is 17.1. The topological polar surface area (TPSA) is 63.9 Å². The SMILES string of the molecule is COc1cc(C)c2[nH]c(-c3ccc(C)cn3)c(CCCCN)c2c1. The summed E-state index contributed by atoms with van der Waals surface area (Å²) < 4.78 is 5.46. The number of nitrogens with zero attached hydrogens (tertiary/aromatic N) is 1. The van der Waals surface area contributed by atoms with Crippen LogP contribution in [-0.2, 0) is 6.42 Å². The molecule has 0 fully saturated rings. The zero-order valence-electron chi connectivity index (χ0n) is 14.6. The molecule has 4 heteroatoms. The van der Waals surface area contributed by atoms with Gasteiger partial charge in [0.25, 0.3) is 0 Å². The molecule has 1 aromatic carbocycles. The number of aryl methyl sites for hydroxylation is 3. The Morgan fingerprint density at radius 3 is 2.67 bits per heavy atom. The highest BCUT2D eigenvalue weighted by atomic mass is 16.5. The van der Waals surface area contributed by atoms with Gasteiger partial charge in [0.15, 0.2) is 0 Å². The predicted octanol–water partition coefficient (Wildman–Crippen LogP) is 4.14. The minimum absolute atomic E-state index is 0.725. The number of hydrogen-bond donors (Lipinski definition) is 2. The normalized spacial score (nSPS) is 11.2. The highest BCUT2D eigenvalue weighted by molar-refractivity contribution is 5.93. The molecule has 0 aliphatic heterocycles. The summed E-state index contributed by atoms with van der Waals surface area (Å²) in [5.74, 6) is 0.891. The van der Waals surface area contributed by atoms with Crippen LogP contribution in [0.3, 0.4) is 0 Å². The number of rotatable bonds is 6. The maximum absolute atomic E-state index is 5.68. The van der Waals surface area contributed by atoms with E-state index in [1.54, 1.807) is 7.11 Å². The fourth-order valence-electron chi connectivity index (χ4n) is 3.15. The molecule has 0 aliphatic carbocycles. The molecule has 3 N–H and O–H groups in total. The molecule has 2 heterocycles. The van der Waals surface area contributed by atoms with E-state index in [1.165, 1.54) is 16.5 Å². The van der Waals surface area contributed by atoms with Crippen molar-refractivity contribution in [3.8, 4) is 17.1 Å². The van der Waals surface area contributed by atoms with E-state index in [0.717, 1.165) is 54.0 Å². The predicted molar refractivity (Wildman–Crippen MR) is 99.5 cm³/mol. The molecule has 4 nitrogen and oxygen atoms in total. The smallest absolute Gasteiger partial charge is 0.119 e. The van der Waals surface area contributed by atoms with Crippen molar-refractivity contribution in [2.45, 2.75) is 33.1 Å². The Hall–Kier alpha value is -2.33. The van der Waals surface area contributed by atoms with Crippen LogP contribution < -0.4 is 10.5 Å². The van der Waals surface area contributed by atoms with Gasteiger partial charge in [-0.25, -0.2) is 0 Å². The first kappa shape index (κ1) is 16.5. The molecule has 126 valence electrons. The van der Waals surface area contributed by atoms with Crippen molar-refractivity contribution in [1.29, 1.82) is 0 Å². The van der Waals surface area contributed by atoms with Crippen LogP contribution in [0.1, 0.15) is 29.5 Å². The lowest BCUT2D eigenvalue weighted by Gasteiger charge is -2.06. The average Bonchev–Trinajstić information content (AvgIpc) is 2.95. The summed E-state index contributed by atoms with van der Waals surface area (Å²) in [7, 11) is 1.71. The summed E-state index contributed by atoms with van der Waals surface area (Å²) in [5, 5.41) is 1.22. The van der Waals surface area contributed by atoms with Crippen molar-refractivity contribution < 1.29 is 4.74 Å². The van der Waals surface area contributed by atoms with Gasteiger partial charge in [0, 0.05) is 17.1 Å². The number of hydrogen-bond acceptors (Lipinski definition) is 3. The number of benzene rings is 1. The van der Waals surface area contributed by atoms with E-state index in [2.05, 4.69) is 48.1 Å². The van der Waals surface area contributed by atoms with E-state index in [4.69, 9.17) is 10.5 Å². The van der Waals surface area contributed by atoms with Crippen molar-refractivity contribution in [3.63, 3.8) is 0 Å². The molecule has 2 aromatic heterocycles. The molecular weight excluding hydrogens is 298 g/mol. The van der Waals surface area contributed by atoms with Crippen molar-refractivity contribution in [2.24, 2.45) is 5.73 Å². The molecule has 0 bridgehead atoms. The summed E-state index contributed by atoms with van der Waals surface area (Å²) in [6.07, 6.45) is 4.99. The number of nitrogens with one attached hydrogen (secondary N) is 1. The maximum Gasteiger partial charge on any atom is 0.119 e. The molecule has 0 spiro atoms. The Kier molecular flexibility index (Phi) is 4.86. The van der Waals surface area contributed by atoms with Crippen LogP contribution >= 0.6 is 0 Å². The van der Waals surface area contributed by atoms with E-state index in [0.29, 0.717) is 0 Å². The number of nitrogens with two attached hydrogens (primary N) is 1. The third-order valence-electron chi connectivity index (χ3n) is 4.47. The monoisotopic (exact) mass is 323 g/mol. The Morgan fingerprint density at radius 1 is 1.17 bits per heavy atom. The molecule has 0 unspecified atom stereocenters. The maximum atomic E-state index is 5.68. The Labute approximate surface area is 143 Å². The first-order valence-corrected chi connectivity index (χ1v) is 8.46. The van der Waals surface area contributed by atoms with Crippen molar-refractivity contribution >= 4 is 10.9 Å². The van der Waals surface area contributed by atoms with Gasteiger partial charge in [-0.2, -0.15) is 0 Å². The number of fused-ring (bicyclic) bond motifs is 1. The fourth-order valence-corrected chi connectivity index (χ4v) is 3.15.